The lowest BCUT2D eigenvalue weighted by Crippen LogP contribution is -2.34. The van der Waals surface area contributed by atoms with Crippen LogP contribution in [0, 0.1) is 0 Å². The summed E-state index contributed by atoms with van der Waals surface area (Å²) in [5.41, 5.74) is 2.51. The molecule has 1 aromatic carbocycles. The fourth-order valence-corrected chi connectivity index (χ4v) is 2.97. The highest BCUT2D eigenvalue weighted by Gasteiger charge is 2.31. The molecular formula is C17H23N3O. The molecule has 0 aliphatic carbocycles. The van der Waals surface area contributed by atoms with Gasteiger partial charge >= 0.3 is 0 Å². The van der Waals surface area contributed by atoms with Gasteiger partial charge in [0.1, 0.15) is 11.9 Å². The second kappa shape index (κ2) is 6.31. The van der Waals surface area contributed by atoms with Crippen molar-refractivity contribution < 1.29 is 4.74 Å². The van der Waals surface area contributed by atoms with Crippen molar-refractivity contribution in [2.45, 2.75) is 45.4 Å². The number of hydrogen-bond donors (Lipinski definition) is 1. The number of rotatable bonds is 6. The minimum atomic E-state index is 0.140. The Labute approximate surface area is 126 Å². The van der Waals surface area contributed by atoms with Crippen LogP contribution >= 0.6 is 0 Å². The van der Waals surface area contributed by atoms with Crippen LogP contribution in [0.5, 0.6) is 5.75 Å². The van der Waals surface area contributed by atoms with Crippen LogP contribution in [0.25, 0.3) is 0 Å². The van der Waals surface area contributed by atoms with E-state index in [0.29, 0.717) is 0 Å². The van der Waals surface area contributed by atoms with Gasteiger partial charge in [-0.2, -0.15) is 5.10 Å². The van der Waals surface area contributed by atoms with Crippen LogP contribution in [-0.4, -0.2) is 22.4 Å². The third kappa shape index (κ3) is 2.95. The normalized spacial score (nSPS) is 18.3. The zero-order valence-electron chi connectivity index (χ0n) is 12.7. The van der Waals surface area contributed by atoms with Crippen LogP contribution in [0.2, 0.25) is 0 Å². The Kier molecular flexibility index (Phi) is 4.25. The zero-order valence-corrected chi connectivity index (χ0v) is 12.7. The molecule has 4 nitrogen and oxygen atoms in total. The van der Waals surface area contributed by atoms with E-state index in [4.69, 9.17) is 4.74 Å². The molecule has 0 saturated carbocycles. The van der Waals surface area contributed by atoms with Gasteiger partial charge < -0.3 is 10.1 Å². The van der Waals surface area contributed by atoms with Gasteiger partial charge in [0.05, 0.1) is 12.2 Å². The van der Waals surface area contributed by atoms with Crippen molar-refractivity contribution in [1.82, 2.24) is 15.1 Å². The second-order valence-electron chi connectivity index (χ2n) is 5.54. The molecule has 1 aromatic heterocycles. The molecule has 21 heavy (non-hydrogen) atoms. The van der Waals surface area contributed by atoms with Gasteiger partial charge in [-0.1, -0.05) is 32.0 Å². The predicted molar refractivity (Wildman–Crippen MR) is 83.5 cm³/mol. The molecule has 1 aliphatic heterocycles. The van der Waals surface area contributed by atoms with Gasteiger partial charge in [-0.15, -0.1) is 0 Å². The molecular weight excluding hydrogens is 262 g/mol. The maximum Gasteiger partial charge on any atom is 0.123 e. The number of hydrogen-bond acceptors (Lipinski definition) is 3. The lowest BCUT2D eigenvalue weighted by molar-refractivity contribution is 0.179. The first-order chi connectivity index (χ1) is 10.3. The average molecular weight is 285 g/mol. The van der Waals surface area contributed by atoms with Crippen molar-refractivity contribution in [1.29, 1.82) is 0 Å². The van der Waals surface area contributed by atoms with Crippen LogP contribution in [0.1, 0.15) is 37.4 Å². The molecule has 1 aliphatic rings. The van der Waals surface area contributed by atoms with Crippen molar-refractivity contribution in [3.63, 3.8) is 0 Å². The van der Waals surface area contributed by atoms with Crippen molar-refractivity contribution in [2.24, 2.45) is 0 Å². The van der Waals surface area contributed by atoms with E-state index in [1.807, 2.05) is 16.9 Å². The molecule has 0 amide bonds. The first-order valence-corrected chi connectivity index (χ1v) is 7.82. The molecule has 2 atom stereocenters. The smallest absolute Gasteiger partial charge is 0.123 e. The predicted octanol–water partition coefficient (Wildman–Crippen LogP) is 2.95. The highest BCUT2D eigenvalue weighted by molar-refractivity contribution is 5.38. The Balaban J connectivity index is 1.79. The number of likely N-dealkylation sites (N-methyl/N-ethyl adjacent to an activating group) is 1. The Morgan fingerprint density at radius 2 is 2.24 bits per heavy atom. The highest BCUT2D eigenvalue weighted by atomic mass is 16.5. The van der Waals surface area contributed by atoms with E-state index in [1.54, 1.807) is 0 Å². The Morgan fingerprint density at radius 3 is 3.00 bits per heavy atom. The molecule has 2 heterocycles. The summed E-state index contributed by atoms with van der Waals surface area (Å²) in [7, 11) is 0. The van der Waals surface area contributed by atoms with Crippen LogP contribution in [-0.2, 0) is 13.0 Å². The van der Waals surface area contributed by atoms with E-state index >= 15 is 0 Å². The van der Waals surface area contributed by atoms with Gasteiger partial charge in [0, 0.05) is 24.7 Å². The van der Waals surface area contributed by atoms with Gasteiger partial charge in [0.2, 0.25) is 0 Å². The quantitative estimate of drug-likeness (QED) is 0.887. The maximum atomic E-state index is 6.15. The molecule has 0 saturated heterocycles. The summed E-state index contributed by atoms with van der Waals surface area (Å²) in [6.07, 6.45) is 6.30. The van der Waals surface area contributed by atoms with E-state index in [0.717, 1.165) is 31.7 Å². The Bertz CT molecular complexity index is 568. The summed E-state index contributed by atoms with van der Waals surface area (Å²) in [6.45, 7) is 6.18. The zero-order chi connectivity index (χ0) is 14.7. The summed E-state index contributed by atoms with van der Waals surface area (Å²) < 4.78 is 8.16. The lowest BCUT2D eigenvalue weighted by atomic mass is 10.00. The molecule has 0 radical (unpaired) electrons. The number of para-hydroxylation sites is 1. The molecule has 0 bridgehead atoms. The van der Waals surface area contributed by atoms with Gasteiger partial charge in [0.15, 0.2) is 0 Å². The summed E-state index contributed by atoms with van der Waals surface area (Å²) in [5.74, 6) is 1.02. The van der Waals surface area contributed by atoms with Crippen molar-refractivity contribution in [3.05, 3.63) is 47.8 Å². The number of benzene rings is 1. The van der Waals surface area contributed by atoms with Gasteiger partial charge in [-0.25, -0.2) is 0 Å². The van der Waals surface area contributed by atoms with E-state index in [2.05, 4.69) is 48.7 Å². The van der Waals surface area contributed by atoms with E-state index < -0.39 is 0 Å². The molecule has 3 rings (SSSR count). The number of nitrogens with one attached hydrogen (secondary N) is 1. The summed E-state index contributed by atoms with van der Waals surface area (Å²) in [5, 5.41) is 8.00. The van der Waals surface area contributed by atoms with Crippen LogP contribution in [0.4, 0.5) is 0 Å². The van der Waals surface area contributed by atoms with E-state index in [-0.39, 0.29) is 12.1 Å². The third-order valence-electron chi connectivity index (χ3n) is 3.93. The molecule has 112 valence electrons. The summed E-state index contributed by atoms with van der Waals surface area (Å²) >= 11 is 0. The minimum absolute atomic E-state index is 0.140. The largest absolute Gasteiger partial charge is 0.488 e. The van der Waals surface area contributed by atoms with Gasteiger partial charge in [-0.3, -0.25) is 4.68 Å². The molecule has 4 heteroatoms. The topological polar surface area (TPSA) is 39.1 Å². The summed E-state index contributed by atoms with van der Waals surface area (Å²) in [4.78, 5) is 0. The molecule has 0 spiro atoms. The number of ether oxygens (including phenoxy) is 1. The highest BCUT2D eigenvalue weighted by Crippen LogP contribution is 2.33. The first kappa shape index (κ1) is 14.1. The minimum Gasteiger partial charge on any atom is -0.488 e. The fraction of sp³-hybridized carbons (Fsp3) is 0.471. The fourth-order valence-electron chi connectivity index (χ4n) is 2.97. The lowest BCUT2D eigenvalue weighted by Gasteiger charge is -2.23. The Hall–Kier alpha value is -1.81. The van der Waals surface area contributed by atoms with Crippen molar-refractivity contribution in [2.75, 3.05) is 6.54 Å². The van der Waals surface area contributed by atoms with Crippen LogP contribution < -0.4 is 10.1 Å². The Morgan fingerprint density at radius 1 is 1.38 bits per heavy atom. The molecule has 2 unspecified atom stereocenters. The monoisotopic (exact) mass is 285 g/mol. The van der Waals surface area contributed by atoms with E-state index in [9.17, 15) is 0 Å². The first-order valence-electron chi connectivity index (χ1n) is 7.82. The third-order valence-corrected chi connectivity index (χ3v) is 3.93. The molecule has 2 aromatic rings. The molecule has 1 N–H and O–H groups in total. The standard InChI is InChI=1S/C17H23N3O/c1-3-9-20-12-14(11-19-20)17(18-4-2)16-10-13-7-5-6-8-15(13)21-16/h5-8,11-12,16-18H,3-4,9-10H2,1-2H3. The second-order valence-corrected chi connectivity index (χ2v) is 5.54. The average Bonchev–Trinajstić information content (AvgIpc) is 3.11. The number of aromatic nitrogens is 2. The number of fused-ring (bicyclic) bond motifs is 1. The molecule has 0 fully saturated rings. The van der Waals surface area contributed by atoms with Crippen molar-refractivity contribution >= 4 is 0 Å². The number of nitrogens with zero attached hydrogens (tertiary/aromatic N) is 2. The number of aryl methyl sites for hydroxylation is 1. The van der Waals surface area contributed by atoms with Gasteiger partial charge in [-0.05, 0) is 24.6 Å². The van der Waals surface area contributed by atoms with E-state index in [1.165, 1.54) is 11.1 Å². The summed E-state index contributed by atoms with van der Waals surface area (Å²) in [6, 6.07) is 8.50. The van der Waals surface area contributed by atoms with Crippen molar-refractivity contribution in [3.8, 4) is 5.75 Å². The SMILES string of the molecule is CCCn1cc(C(NCC)C2Cc3ccccc3O2)cn1. The van der Waals surface area contributed by atoms with Gasteiger partial charge in [0.25, 0.3) is 0 Å². The maximum absolute atomic E-state index is 6.15. The van der Waals surface area contributed by atoms with Crippen LogP contribution in [0.3, 0.4) is 0 Å². The van der Waals surface area contributed by atoms with Crippen LogP contribution in [0.15, 0.2) is 36.7 Å².